The molecule has 0 radical (unpaired) electrons. The molecule has 0 saturated carbocycles. The van der Waals surface area contributed by atoms with Gasteiger partial charge in [-0.15, -0.1) is 10.2 Å². The minimum atomic E-state index is -0.511. The van der Waals surface area contributed by atoms with Gasteiger partial charge in [-0.25, -0.2) is 4.68 Å². The molecule has 3 rings (SSSR count). The number of benzene rings is 1. The molecular weight excluding hydrogens is 392 g/mol. The highest BCUT2D eigenvalue weighted by Gasteiger charge is 2.24. The van der Waals surface area contributed by atoms with Gasteiger partial charge < -0.3 is 20.5 Å². The third-order valence-corrected chi connectivity index (χ3v) is 5.17. The molecule has 152 valence electrons. The van der Waals surface area contributed by atoms with Crippen molar-refractivity contribution in [1.29, 1.82) is 0 Å². The number of nitrogens with one attached hydrogen (secondary N) is 1. The van der Waals surface area contributed by atoms with Crippen LogP contribution in [-0.4, -0.2) is 50.4 Å². The third kappa shape index (κ3) is 4.96. The molecule has 0 fully saturated rings. The number of thioether (sulfide) groups is 1. The first-order valence-corrected chi connectivity index (χ1v) is 9.75. The van der Waals surface area contributed by atoms with Gasteiger partial charge >= 0.3 is 0 Å². The topological polar surface area (TPSA) is 119 Å². The average molecular weight is 414 g/mol. The van der Waals surface area contributed by atoms with E-state index in [-0.39, 0.29) is 18.4 Å². The van der Waals surface area contributed by atoms with Crippen LogP contribution in [0.1, 0.15) is 12.5 Å². The van der Waals surface area contributed by atoms with Crippen LogP contribution in [0.5, 0.6) is 0 Å². The molecular formula is C19H22N6O3S. The van der Waals surface area contributed by atoms with Crippen molar-refractivity contribution in [2.24, 2.45) is 0 Å². The zero-order valence-corrected chi connectivity index (χ0v) is 17.1. The number of hydrogen-bond acceptors (Lipinski definition) is 7. The maximum absolute atomic E-state index is 12.6. The lowest BCUT2D eigenvalue weighted by Crippen LogP contribution is -2.39. The first-order chi connectivity index (χ1) is 13.8. The lowest BCUT2D eigenvalue weighted by Gasteiger charge is -2.20. The zero-order chi connectivity index (χ0) is 21.0. The van der Waals surface area contributed by atoms with Gasteiger partial charge in [-0.05, 0) is 38.1 Å². The highest BCUT2D eigenvalue weighted by Crippen LogP contribution is 2.25. The monoisotopic (exact) mass is 414 g/mol. The van der Waals surface area contributed by atoms with Crippen molar-refractivity contribution < 1.29 is 14.0 Å². The van der Waals surface area contributed by atoms with Gasteiger partial charge in [-0.1, -0.05) is 29.5 Å². The van der Waals surface area contributed by atoms with E-state index in [9.17, 15) is 9.59 Å². The number of amides is 2. The van der Waals surface area contributed by atoms with E-state index in [2.05, 4.69) is 15.5 Å². The Labute approximate surface area is 172 Å². The second-order valence-electron chi connectivity index (χ2n) is 6.52. The van der Waals surface area contributed by atoms with Gasteiger partial charge in [0.15, 0.2) is 5.76 Å². The van der Waals surface area contributed by atoms with Crippen LogP contribution < -0.4 is 11.2 Å². The fourth-order valence-electron chi connectivity index (χ4n) is 2.58. The number of hydrogen-bond donors (Lipinski definition) is 2. The maximum atomic E-state index is 12.6. The van der Waals surface area contributed by atoms with E-state index < -0.39 is 5.25 Å². The van der Waals surface area contributed by atoms with Crippen LogP contribution in [0.25, 0.3) is 11.6 Å². The molecule has 2 heterocycles. The Bertz CT molecular complexity index is 984. The summed E-state index contributed by atoms with van der Waals surface area (Å²) in [5.74, 6) is 6.36. The highest BCUT2D eigenvalue weighted by molar-refractivity contribution is 8.00. The number of carbonyl (C=O) groups excluding carboxylic acids is 2. The Balaban J connectivity index is 1.56. The van der Waals surface area contributed by atoms with E-state index in [1.54, 1.807) is 26.1 Å². The molecule has 2 aromatic heterocycles. The Morgan fingerprint density at radius 2 is 2.00 bits per heavy atom. The van der Waals surface area contributed by atoms with Gasteiger partial charge in [0.1, 0.15) is 0 Å². The number of carbonyl (C=O) groups is 2. The number of aryl methyl sites for hydroxylation is 1. The number of furan rings is 1. The number of rotatable bonds is 7. The predicted molar refractivity (Wildman–Crippen MR) is 111 cm³/mol. The largest absolute Gasteiger partial charge is 0.461 e. The second kappa shape index (κ2) is 8.82. The summed E-state index contributed by atoms with van der Waals surface area (Å²) in [5.41, 5.74) is 1.79. The van der Waals surface area contributed by atoms with Gasteiger partial charge in [0.25, 0.3) is 0 Å². The van der Waals surface area contributed by atoms with Crippen molar-refractivity contribution in [3.63, 3.8) is 0 Å². The van der Waals surface area contributed by atoms with Crippen LogP contribution in [0, 0.1) is 6.92 Å². The quantitative estimate of drug-likeness (QED) is 0.449. The van der Waals surface area contributed by atoms with Gasteiger partial charge in [-0.3, -0.25) is 9.59 Å². The van der Waals surface area contributed by atoms with E-state index >= 15 is 0 Å². The minimum absolute atomic E-state index is 0.0649. The Morgan fingerprint density at radius 1 is 1.28 bits per heavy atom. The van der Waals surface area contributed by atoms with Crippen LogP contribution in [-0.2, 0) is 9.59 Å². The summed E-state index contributed by atoms with van der Waals surface area (Å²) in [6, 6.07) is 10.9. The van der Waals surface area contributed by atoms with Crippen molar-refractivity contribution in [3.05, 3.63) is 48.2 Å². The number of aromatic nitrogens is 3. The third-order valence-electron chi connectivity index (χ3n) is 4.13. The zero-order valence-electron chi connectivity index (χ0n) is 16.3. The fraction of sp³-hybridized carbons (Fsp3) is 0.263. The summed E-state index contributed by atoms with van der Waals surface area (Å²) >= 11 is 1.16. The standard InChI is InChI=1S/C19H22N6O3S/c1-12-6-8-14(9-7-12)21-16(26)11-24(3)18(27)13(2)29-19-23-22-17(25(19)20)15-5-4-10-28-15/h4-10,13H,11,20H2,1-3H3,(H,21,26)/t13-/m0/s1. The molecule has 3 N–H and O–H groups in total. The van der Waals surface area contributed by atoms with Crippen molar-refractivity contribution >= 4 is 29.3 Å². The summed E-state index contributed by atoms with van der Waals surface area (Å²) in [4.78, 5) is 26.2. The van der Waals surface area contributed by atoms with Crippen LogP contribution in [0.15, 0.2) is 52.2 Å². The molecule has 10 heteroatoms. The van der Waals surface area contributed by atoms with Crippen LogP contribution in [0.3, 0.4) is 0 Å². The number of nitrogens with two attached hydrogens (primary N) is 1. The summed E-state index contributed by atoms with van der Waals surface area (Å²) < 4.78 is 6.55. The average Bonchev–Trinajstić information content (AvgIpc) is 3.33. The van der Waals surface area contributed by atoms with Crippen LogP contribution >= 0.6 is 11.8 Å². The molecule has 2 amide bonds. The fourth-order valence-corrected chi connectivity index (χ4v) is 3.47. The van der Waals surface area contributed by atoms with Crippen molar-refractivity contribution in [2.75, 3.05) is 24.8 Å². The summed E-state index contributed by atoms with van der Waals surface area (Å²) in [5, 5.41) is 10.7. The Hall–Kier alpha value is -3.27. The highest BCUT2D eigenvalue weighted by atomic mass is 32.2. The lowest BCUT2D eigenvalue weighted by molar-refractivity contribution is -0.132. The molecule has 0 unspecified atom stereocenters. The van der Waals surface area contributed by atoms with E-state index in [4.69, 9.17) is 10.3 Å². The van der Waals surface area contributed by atoms with Crippen molar-refractivity contribution in [3.8, 4) is 11.6 Å². The van der Waals surface area contributed by atoms with Gasteiger partial charge in [0.05, 0.1) is 18.1 Å². The van der Waals surface area contributed by atoms with E-state index in [1.807, 2.05) is 31.2 Å². The first-order valence-electron chi connectivity index (χ1n) is 8.87. The Morgan fingerprint density at radius 3 is 2.66 bits per heavy atom. The van der Waals surface area contributed by atoms with Gasteiger partial charge in [-0.2, -0.15) is 0 Å². The van der Waals surface area contributed by atoms with Crippen LogP contribution in [0.2, 0.25) is 0 Å². The van der Waals surface area contributed by atoms with Crippen LogP contribution in [0.4, 0.5) is 5.69 Å². The predicted octanol–water partition coefficient (Wildman–Crippen LogP) is 2.14. The molecule has 0 aliphatic heterocycles. The van der Waals surface area contributed by atoms with E-state index in [0.717, 1.165) is 17.3 Å². The molecule has 3 aromatic rings. The number of likely N-dealkylation sites (N-methyl/N-ethyl adjacent to an activating group) is 1. The number of nitrogen functional groups attached to an aromatic ring is 1. The number of anilines is 1. The van der Waals surface area contributed by atoms with Gasteiger partial charge in [0.2, 0.25) is 22.8 Å². The summed E-state index contributed by atoms with van der Waals surface area (Å²) in [6.07, 6.45) is 1.51. The SMILES string of the molecule is Cc1ccc(NC(=O)CN(C)C(=O)[C@H](C)Sc2nnc(-c3ccco3)n2N)cc1. The second-order valence-corrected chi connectivity index (χ2v) is 7.83. The molecule has 0 aliphatic carbocycles. The molecule has 0 aliphatic rings. The smallest absolute Gasteiger partial charge is 0.243 e. The first kappa shape index (κ1) is 20.5. The van der Waals surface area contributed by atoms with E-state index in [1.165, 1.54) is 15.8 Å². The number of nitrogens with zero attached hydrogens (tertiary/aromatic N) is 4. The lowest BCUT2D eigenvalue weighted by atomic mass is 10.2. The van der Waals surface area contributed by atoms with Crippen molar-refractivity contribution in [1.82, 2.24) is 19.8 Å². The maximum Gasteiger partial charge on any atom is 0.243 e. The van der Waals surface area contributed by atoms with Crippen molar-refractivity contribution in [2.45, 2.75) is 24.3 Å². The molecule has 0 saturated heterocycles. The minimum Gasteiger partial charge on any atom is -0.461 e. The molecule has 9 nitrogen and oxygen atoms in total. The molecule has 0 bridgehead atoms. The molecule has 1 atom stereocenters. The van der Waals surface area contributed by atoms with E-state index in [0.29, 0.717) is 22.4 Å². The molecule has 29 heavy (non-hydrogen) atoms. The normalized spacial score (nSPS) is 11.8. The summed E-state index contributed by atoms with van der Waals surface area (Å²) in [6.45, 7) is 3.63. The summed E-state index contributed by atoms with van der Waals surface area (Å²) in [7, 11) is 1.58. The van der Waals surface area contributed by atoms with Gasteiger partial charge in [0, 0.05) is 12.7 Å². The molecule has 1 aromatic carbocycles. The Kier molecular flexibility index (Phi) is 6.23. The molecule has 0 spiro atoms.